The van der Waals surface area contributed by atoms with E-state index in [1.165, 1.54) is 31.4 Å². The predicted octanol–water partition coefficient (Wildman–Crippen LogP) is 3.22. The Bertz CT molecular complexity index is 790. The largest absolute Gasteiger partial charge is 0.323 e. The predicted molar refractivity (Wildman–Crippen MR) is 97.7 cm³/mol. The fourth-order valence-electron chi connectivity index (χ4n) is 2.13. The molecule has 0 atom stereocenters. The smallest absolute Gasteiger partial charge is 0.189 e. The summed E-state index contributed by atoms with van der Waals surface area (Å²) in [5.41, 5.74) is 3.46. The molecule has 0 saturated heterocycles. The maximum atomic E-state index is 12.4. The van der Waals surface area contributed by atoms with E-state index < -0.39 is 10.2 Å². The summed E-state index contributed by atoms with van der Waals surface area (Å²) in [7, 11) is -0.626. The molecule has 0 fully saturated rings. The van der Waals surface area contributed by atoms with Gasteiger partial charge in [-0.15, -0.1) is 4.09 Å². The van der Waals surface area contributed by atoms with Gasteiger partial charge in [0, 0.05) is 19.0 Å². The van der Waals surface area contributed by atoms with Gasteiger partial charge in [0.2, 0.25) is 0 Å². The summed E-state index contributed by atoms with van der Waals surface area (Å²) in [5.74, 6) is 0. The number of aromatic nitrogens is 2. The second-order valence-corrected chi connectivity index (χ2v) is 9.39. The lowest BCUT2D eigenvalue weighted by molar-refractivity contribution is 0.498. The van der Waals surface area contributed by atoms with Crippen LogP contribution in [0, 0.1) is 24.3 Å². The van der Waals surface area contributed by atoms with Gasteiger partial charge < -0.3 is 0 Å². The Labute approximate surface area is 149 Å². The number of hydrogen-bond acceptors (Lipinski definition) is 4. The van der Waals surface area contributed by atoms with Gasteiger partial charge in [0.25, 0.3) is 0 Å². The van der Waals surface area contributed by atoms with Crippen molar-refractivity contribution in [1.29, 1.82) is 0 Å². The lowest BCUT2D eigenvalue weighted by Gasteiger charge is -2.15. The molecule has 22 heavy (non-hydrogen) atoms. The van der Waals surface area contributed by atoms with Crippen LogP contribution in [0.5, 0.6) is 0 Å². The maximum absolute atomic E-state index is 12.4. The molecule has 0 N–H and O–H groups in total. The molecule has 1 heterocycles. The molecule has 0 aliphatic heterocycles. The van der Waals surface area contributed by atoms with Gasteiger partial charge >= 0.3 is 10.2 Å². The summed E-state index contributed by atoms with van der Waals surface area (Å²) in [6, 6.07) is 4.20. The summed E-state index contributed by atoms with van der Waals surface area (Å²) in [6.45, 7) is 6.13. The van der Waals surface area contributed by atoms with E-state index >= 15 is 0 Å². The van der Waals surface area contributed by atoms with Crippen LogP contribution in [-0.2, 0) is 10.2 Å². The molecule has 8 heteroatoms. The van der Waals surface area contributed by atoms with Crippen LogP contribution >= 0.6 is 34.4 Å². The highest BCUT2D eigenvalue weighted by Crippen LogP contribution is 2.36. The van der Waals surface area contributed by atoms with Crippen LogP contribution < -0.4 is 0 Å². The summed E-state index contributed by atoms with van der Waals surface area (Å²) in [5, 5.41) is 4.66. The number of halogens is 1. The van der Waals surface area contributed by atoms with Gasteiger partial charge in [-0.25, -0.2) is 0 Å². The van der Waals surface area contributed by atoms with E-state index in [1.807, 2.05) is 13.8 Å². The number of benzene rings is 1. The fourth-order valence-corrected chi connectivity index (χ4v) is 5.07. The van der Waals surface area contributed by atoms with E-state index in [0.717, 1.165) is 28.0 Å². The molecule has 5 nitrogen and oxygen atoms in total. The molecule has 1 aromatic carbocycles. The summed E-state index contributed by atoms with van der Waals surface area (Å²) in [6.07, 6.45) is 1.57. The fraction of sp³-hybridized carbons (Fsp3) is 0.357. The zero-order valence-electron chi connectivity index (χ0n) is 13.1. The van der Waals surface area contributed by atoms with Crippen LogP contribution in [-0.4, -0.2) is 36.0 Å². The van der Waals surface area contributed by atoms with Gasteiger partial charge in [-0.05, 0) is 54.5 Å². The van der Waals surface area contributed by atoms with Crippen molar-refractivity contribution < 1.29 is 8.42 Å². The first kappa shape index (κ1) is 17.8. The second-order valence-electron chi connectivity index (χ2n) is 5.26. The van der Waals surface area contributed by atoms with E-state index in [9.17, 15) is 8.42 Å². The van der Waals surface area contributed by atoms with Crippen molar-refractivity contribution in [1.82, 2.24) is 13.5 Å². The third-order valence-corrected chi connectivity index (χ3v) is 7.48. The summed E-state index contributed by atoms with van der Waals surface area (Å²) >= 11 is 3.56. The number of nitrogens with zero attached hydrogens (tertiary/aromatic N) is 3. The molecule has 0 bridgehead atoms. The van der Waals surface area contributed by atoms with Crippen molar-refractivity contribution in [2.24, 2.45) is 0 Å². The van der Waals surface area contributed by atoms with Gasteiger partial charge in [-0.2, -0.15) is 17.8 Å². The van der Waals surface area contributed by atoms with E-state index in [4.69, 9.17) is 0 Å². The van der Waals surface area contributed by atoms with Crippen molar-refractivity contribution in [3.8, 4) is 0 Å². The van der Waals surface area contributed by atoms with Crippen LogP contribution in [0.15, 0.2) is 28.3 Å². The van der Waals surface area contributed by atoms with Crippen LogP contribution in [0.4, 0.5) is 0 Å². The van der Waals surface area contributed by atoms with E-state index in [-0.39, 0.29) is 0 Å². The van der Waals surface area contributed by atoms with E-state index in [0.29, 0.717) is 5.03 Å². The first-order valence-electron chi connectivity index (χ1n) is 6.57. The van der Waals surface area contributed by atoms with Crippen LogP contribution in [0.3, 0.4) is 0 Å². The summed E-state index contributed by atoms with van der Waals surface area (Å²) < 4.78 is 27.8. The van der Waals surface area contributed by atoms with Crippen molar-refractivity contribution in [3.63, 3.8) is 0 Å². The average Bonchev–Trinajstić information content (AvgIpc) is 2.75. The molecule has 1 aromatic heterocycles. The molecule has 0 amide bonds. The van der Waals surface area contributed by atoms with Crippen molar-refractivity contribution in [2.45, 2.75) is 30.7 Å². The standard InChI is InChI=1S/C14H18IN3O2S2/c1-9-6-10(2)13(11(3)7-9)21-14-12(15)8-16-18(14)22(19,20)17(4)5/h6-8H,1-5H3. The summed E-state index contributed by atoms with van der Waals surface area (Å²) in [4.78, 5) is 1.07. The van der Waals surface area contributed by atoms with E-state index in [1.54, 1.807) is 6.20 Å². The van der Waals surface area contributed by atoms with Crippen molar-refractivity contribution in [2.75, 3.05) is 14.1 Å². The highest BCUT2D eigenvalue weighted by Gasteiger charge is 2.24. The number of hydrogen-bond donors (Lipinski definition) is 0. The quantitative estimate of drug-likeness (QED) is 0.670. The molecule has 0 radical (unpaired) electrons. The van der Waals surface area contributed by atoms with Gasteiger partial charge in [0.05, 0.1) is 9.77 Å². The minimum Gasteiger partial charge on any atom is -0.189 e. The van der Waals surface area contributed by atoms with Gasteiger partial charge in [-0.1, -0.05) is 29.5 Å². The minimum absolute atomic E-state index is 0.615. The molecular weight excluding hydrogens is 433 g/mol. The lowest BCUT2D eigenvalue weighted by Crippen LogP contribution is -2.30. The molecule has 2 aromatic rings. The highest BCUT2D eigenvalue weighted by atomic mass is 127. The molecule has 0 aliphatic carbocycles. The monoisotopic (exact) mass is 451 g/mol. The molecule has 0 saturated carbocycles. The molecule has 0 aliphatic rings. The average molecular weight is 451 g/mol. The molecule has 120 valence electrons. The topological polar surface area (TPSA) is 55.2 Å². The van der Waals surface area contributed by atoms with Gasteiger partial charge in [-0.3, -0.25) is 0 Å². The normalized spacial score (nSPS) is 12.1. The Kier molecular flexibility index (Phi) is 5.25. The van der Waals surface area contributed by atoms with Crippen LogP contribution in [0.1, 0.15) is 16.7 Å². The molecule has 0 unspecified atom stereocenters. The van der Waals surface area contributed by atoms with Crippen LogP contribution in [0.25, 0.3) is 0 Å². The third-order valence-electron chi connectivity index (χ3n) is 3.14. The first-order chi connectivity index (χ1) is 10.1. The number of rotatable bonds is 4. The first-order valence-corrected chi connectivity index (χ1v) is 9.86. The highest BCUT2D eigenvalue weighted by molar-refractivity contribution is 14.1. The number of aryl methyl sites for hydroxylation is 3. The SMILES string of the molecule is Cc1cc(C)c(Sc2c(I)cnn2S(=O)(=O)N(C)C)c(C)c1. The molecule has 0 spiro atoms. The van der Waals surface area contributed by atoms with Gasteiger partial charge in [0.15, 0.2) is 0 Å². The lowest BCUT2D eigenvalue weighted by atomic mass is 10.1. The van der Waals surface area contributed by atoms with Gasteiger partial charge in [0.1, 0.15) is 5.03 Å². The molecular formula is C14H18IN3O2S2. The zero-order chi connectivity index (χ0) is 16.7. The zero-order valence-corrected chi connectivity index (χ0v) is 16.9. The Balaban J connectivity index is 2.55. The van der Waals surface area contributed by atoms with Crippen molar-refractivity contribution in [3.05, 3.63) is 38.6 Å². The minimum atomic E-state index is -3.63. The van der Waals surface area contributed by atoms with E-state index in [2.05, 4.69) is 46.7 Å². The molecule has 2 rings (SSSR count). The Morgan fingerprint density at radius 3 is 2.23 bits per heavy atom. The maximum Gasteiger partial charge on any atom is 0.323 e. The third kappa shape index (κ3) is 3.34. The Morgan fingerprint density at radius 1 is 1.18 bits per heavy atom. The second kappa shape index (κ2) is 6.50. The Morgan fingerprint density at radius 2 is 1.73 bits per heavy atom. The van der Waals surface area contributed by atoms with Crippen LogP contribution in [0.2, 0.25) is 0 Å². The Hall–Kier alpha value is -0.580. The van der Waals surface area contributed by atoms with Crippen molar-refractivity contribution >= 4 is 44.6 Å².